The number of aliphatic imine (C=N–C) groups is 1. The summed E-state index contributed by atoms with van der Waals surface area (Å²) in [5, 5.41) is 4.62. The normalized spacial score (nSPS) is 12.4. The molecule has 31 heavy (non-hydrogen) atoms. The third-order valence-electron chi connectivity index (χ3n) is 5.04. The van der Waals surface area contributed by atoms with Crippen molar-refractivity contribution in [1.29, 1.82) is 0 Å². The quantitative estimate of drug-likeness (QED) is 0.506. The largest absolute Gasteiger partial charge is 0.489 e. The molecular weight excluding hydrogens is 390 g/mol. The molecule has 4 aromatic rings. The Bertz CT molecular complexity index is 1370. The van der Waals surface area contributed by atoms with E-state index in [-0.39, 0.29) is 11.7 Å². The molecule has 0 bridgehead atoms. The SMILES string of the molecule is CC(C)Oc1cncc(-c2cc3cc[nH]c(=O)c3c(Nc3ccc4c(c3)C=NC4)n2)c1. The predicted molar refractivity (Wildman–Crippen MR) is 122 cm³/mol. The van der Waals surface area contributed by atoms with Crippen molar-refractivity contribution in [3.8, 4) is 17.0 Å². The second kappa shape index (κ2) is 7.68. The highest BCUT2D eigenvalue weighted by atomic mass is 16.5. The van der Waals surface area contributed by atoms with Crippen molar-refractivity contribution in [3.63, 3.8) is 0 Å². The maximum Gasteiger partial charge on any atom is 0.259 e. The van der Waals surface area contributed by atoms with Gasteiger partial charge >= 0.3 is 0 Å². The minimum atomic E-state index is -0.197. The van der Waals surface area contributed by atoms with Crippen LogP contribution in [0.3, 0.4) is 0 Å². The number of aromatic amines is 1. The Morgan fingerprint density at radius 1 is 1.13 bits per heavy atom. The van der Waals surface area contributed by atoms with E-state index in [1.54, 1.807) is 18.6 Å². The van der Waals surface area contributed by atoms with E-state index in [1.165, 1.54) is 5.56 Å². The van der Waals surface area contributed by atoms with Crippen LogP contribution < -0.4 is 15.6 Å². The van der Waals surface area contributed by atoms with Gasteiger partial charge in [0, 0.05) is 29.9 Å². The lowest BCUT2D eigenvalue weighted by atomic mass is 10.1. The van der Waals surface area contributed by atoms with E-state index < -0.39 is 0 Å². The molecule has 0 unspecified atom stereocenters. The van der Waals surface area contributed by atoms with E-state index in [0.29, 0.717) is 29.2 Å². The van der Waals surface area contributed by atoms with Crippen LogP contribution in [0, 0.1) is 0 Å². The van der Waals surface area contributed by atoms with E-state index >= 15 is 0 Å². The zero-order valence-electron chi connectivity index (χ0n) is 17.2. The standard InChI is InChI=1S/C24H21N5O2/c1-14(2)31-20-8-18(12-26-13-20)21-9-15-5-6-27-24(30)22(15)23(29-21)28-19-4-3-16-10-25-11-17(16)7-19/h3-9,11-14H,10H2,1-2H3,(H,27,30)(H,28,29). The zero-order chi connectivity index (χ0) is 21.4. The summed E-state index contributed by atoms with van der Waals surface area (Å²) in [6, 6.07) is 11.7. The first-order valence-electron chi connectivity index (χ1n) is 10.1. The van der Waals surface area contributed by atoms with Gasteiger partial charge in [0.05, 0.1) is 29.9 Å². The number of aromatic nitrogens is 3. The van der Waals surface area contributed by atoms with Gasteiger partial charge in [-0.05, 0) is 60.7 Å². The van der Waals surface area contributed by atoms with Gasteiger partial charge in [-0.25, -0.2) is 4.98 Å². The second-order valence-corrected chi connectivity index (χ2v) is 7.71. The van der Waals surface area contributed by atoms with Crippen LogP contribution >= 0.6 is 0 Å². The fourth-order valence-corrected chi connectivity index (χ4v) is 3.66. The summed E-state index contributed by atoms with van der Waals surface area (Å²) in [6.07, 6.45) is 6.97. The summed E-state index contributed by atoms with van der Waals surface area (Å²) >= 11 is 0. The van der Waals surface area contributed by atoms with Crippen molar-refractivity contribution in [2.45, 2.75) is 26.5 Å². The zero-order valence-corrected chi connectivity index (χ0v) is 17.2. The average molecular weight is 411 g/mol. The molecule has 2 N–H and O–H groups in total. The number of nitrogens with one attached hydrogen (secondary N) is 2. The molecule has 154 valence electrons. The van der Waals surface area contributed by atoms with Gasteiger partial charge < -0.3 is 15.0 Å². The van der Waals surface area contributed by atoms with Crippen molar-refractivity contribution in [2.24, 2.45) is 4.99 Å². The number of H-pyrrole nitrogens is 1. The maximum absolute atomic E-state index is 12.6. The Hall–Kier alpha value is -4.00. The van der Waals surface area contributed by atoms with Crippen LogP contribution in [0.4, 0.5) is 11.5 Å². The molecule has 7 heteroatoms. The summed E-state index contributed by atoms with van der Waals surface area (Å²) in [5.74, 6) is 1.16. The lowest BCUT2D eigenvalue weighted by molar-refractivity contribution is 0.241. The Labute approximate surface area is 178 Å². The fraction of sp³-hybridized carbons (Fsp3) is 0.167. The molecule has 5 rings (SSSR count). The van der Waals surface area contributed by atoms with Crippen LogP contribution in [0.25, 0.3) is 22.0 Å². The lowest BCUT2D eigenvalue weighted by Gasteiger charge is -2.13. The minimum Gasteiger partial charge on any atom is -0.489 e. The van der Waals surface area contributed by atoms with Crippen LogP contribution in [0.1, 0.15) is 25.0 Å². The van der Waals surface area contributed by atoms with Gasteiger partial charge in [0.1, 0.15) is 11.6 Å². The van der Waals surface area contributed by atoms with Crippen molar-refractivity contribution < 1.29 is 4.74 Å². The third kappa shape index (κ3) is 3.77. The molecule has 0 radical (unpaired) electrons. The van der Waals surface area contributed by atoms with Crippen LogP contribution in [-0.2, 0) is 6.54 Å². The summed E-state index contributed by atoms with van der Waals surface area (Å²) in [6.45, 7) is 4.64. The van der Waals surface area contributed by atoms with E-state index in [9.17, 15) is 4.79 Å². The third-order valence-corrected chi connectivity index (χ3v) is 5.04. The minimum absolute atomic E-state index is 0.0424. The summed E-state index contributed by atoms with van der Waals surface area (Å²) in [7, 11) is 0. The topological polar surface area (TPSA) is 92.3 Å². The predicted octanol–water partition coefficient (Wildman–Crippen LogP) is 4.45. The highest BCUT2D eigenvalue weighted by Gasteiger charge is 2.14. The highest BCUT2D eigenvalue weighted by Crippen LogP contribution is 2.30. The molecule has 0 saturated heterocycles. The van der Waals surface area contributed by atoms with Gasteiger partial charge in [-0.3, -0.25) is 14.8 Å². The fourth-order valence-electron chi connectivity index (χ4n) is 3.66. The van der Waals surface area contributed by atoms with Crippen LogP contribution in [-0.4, -0.2) is 27.3 Å². The Morgan fingerprint density at radius 2 is 2.03 bits per heavy atom. The highest BCUT2D eigenvalue weighted by molar-refractivity contribution is 5.95. The Kier molecular flexibility index (Phi) is 4.71. The van der Waals surface area contributed by atoms with Crippen molar-refractivity contribution in [3.05, 3.63) is 76.5 Å². The Balaban J connectivity index is 1.62. The smallest absolute Gasteiger partial charge is 0.259 e. The number of pyridine rings is 3. The van der Waals surface area contributed by atoms with Gasteiger partial charge in [0.2, 0.25) is 0 Å². The lowest BCUT2D eigenvalue weighted by Crippen LogP contribution is -2.09. The monoisotopic (exact) mass is 411 g/mol. The molecular formula is C24H21N5O2. The molecule has 0 spiro atoms. The van der Waals surface area contributed by atoms with Crippen molar-refractivity contribution in [2.75, 3.05) is 5.32 Å². The average Bonchev–Trinajstić information content (AvgIpc) is 3.21. The van der Waals surface area contributed by atoms with E-state index in [4.69, 9.17) is 9.72 Å². The molecule has 1 aliphatic rings. The number of rotatable bonds is 5. The summed E-state index contributed by atoms with van der Waals surface area (Å²) in [5.41, 5.74) is 4.41. The molecule has 4 heterocycles. The number of hydrogen-bond acceptors (Lipinski definition) is 6. The van der Waals surface area contributed by atoms with Gasteiger partial charge in [0.25, 0.3) is 5.56 Å². The second-order valence-electron chi connectivity index (χ2n) is 7.71. The summed E-state index contributed by atoms with van der Waals surface area (Å²) in [4.78, 5) is 28.7. The molecule has 7 nitrogen and oxygen atoms in total. The molecule has 0 fully saturated rings. The maximum atomic E-state index is 12.6. The molecule has 1 aromatic carbocycles. The van der Waals surface area contributed by atoms with E-state index in [1.807, 2.05) is 56.5 Å². The van der Waals surface area contributed by atoms with Crippen LogP contribution in [0.15, 0.2) is 64.8 Å². The number of hydrogen-bond donors (Lipinski definition) is 2. The molecule has 0 atom stereocenters. The van der Waals surface area contributed by atoms with Gasteiger partial charge in [-0.2, -0.15) is 0 Å². The number of ether oxygens (including phenoxy) is 1. The first kappa shape index (κ1) is 19.0. The van der Waals surface area contributed by atoms with Gasteiger partial charge in [-0.15, -0.1) is 0 Å². The number of anilines is 2. The number of benzene rings is 1. The Morgan fingerprint density at radius 3 is 2.90 bits per heavy atom. The van der Waals surface area contributed by atoms with Crippen molar-refractivity contribution >= 4 is 28.5 Å². The molecule has 1 aliphatic heterocycles. The van der Waals surface area contributed by atoms with Crippen LogP contribution in [0.5, 0.6) is 5.75 Å². The van der Waals surface area contributed by atoms with Gasteiger partial charge in [0.15, 0.2) is 0 Å². The first-order chi connectivity index (χ1) is 15.1. The molecule has 0 saturated carbocycles. The number of nitrogens with zero attached hydrogens (tertiary/aromatic N) is 3. The molecule has 3 aromatic heterocycles. The first-order valence-corrected chi connectivity index (χ1v) is 10.1. The molecule has 0 amide bonds. The van der Waals surface area contributed by atoms with E-state index in [0.717, 1.165) is 22.2 Å². The molecule has 0 aliphatic carbocycles. The van der Waals surface area contributed by atoms with E-state index in [2.05, 4.69) is 20.3 Å². The number of fused-ring (bicyclic) bond motifs is 2. The van der Waals surface area contributed by atoms with Crippen molar-refractivity contribution in [1.82, 2.24) is 15.0 Å². The van der Waals surface area contributed by atoms with Gasteiger partial charge in [-0.1, -0.05) is 6.07 Å². The van der Waals surface area contributed by atoms with Crippen LogP contribution in [0.2, 0.25) is 0 Å². The summed E-state index contributed by atoms with van der Waals surface area (Å²) < 4.78 is 5.78.